The SMILES string of the molecule is C=CC(C=C(C)C(=O)O)C1CCCCC1. The van der Waals surface area contributed by atoms with Gasteiger partial charge in [0.1, 0.15) is 0 Å². The normalized spacial score (nSPS) is 21.0. The van der Waals surface area contributed by atoms with E-state index in [-0.39, 0.29) is 5.92 Å². The van der Waals surface area contributed by atoms with Crippen LogP contribution in [0.5, 0.6) is 0 Å². The molecule has 0 aromatic heterocycles. The Hall–Kier alpha value is -1.05. The second kappa shape index (κ2) is 5.74. The highest BCUT2D eigenvalue weighted by Gasteiger charge is 2.20. The van der Waals surface area contributed by atoms with Crippen molar-refractivity contribution >= 4 is 5.97 Å². The first-order valence-corrected chi connectivity index (χ1v) is 5.69. The Kier molecular flexibility index (Phi) is 4.60. The number of rotatable bonds is 4. The molecular weight excluding hydrogens is 188 g/mol. The molecule has 0 spiro atoms. The summed E-state index contributed by atoms with van der Waals surface area (Å²) in [7, 11) is 0. The Balaban J connectivity index is 2.65. The van der Waals surface area contributed by atoms with Gasteiger partial charge in [0.05, 0.1) is 0 Å². The van der Waals surface area contributed by atoms with Crippen LogP contribution >= 0.6 is 0 Å². The third kappa shape index (κ3) is 3.54. The zero-order valence-electron chi connectivity index (χ0n) is 9.41. The van der Waals surface area contributed by atoms with Crippen LogP contribution in [-0.2, 0) is 4.79 Å². The maximum Gasteiger partial charge on any atom is 0.330 e. The fourth-order valence-corrected chi connectivity index (χ4v) is 2.28. The van der Waals surface area contributed by atoms with Gasteiger partial charge in [0.25, 0.3) is 0 Å². The van der Waals surface area contributed by atoms with Crippen LogP contribution in [0.4, 0.5) is 0 Å². The van der Waals surface area contributed by atoms with Gasteiger partial charge < -0.3 is 5.11 Å². The number of allylic oxidation sites excluding steroid dienone is 2. The molecule has 0 aliphatic heterocycles. The minimum absolute atomic E-state index is 0.237. The molecule has 1 rings (SSSR count). The molecule has 0 bridgehead atoms. The van der Waals surface area contributed by atoms with Crippen LogP contribution < -0.4 is 0 Å². The monoisotopic (exact) mass is 208 g/mol. The van der Waals surface area contributed by atoms with Gasteiger partial charge in [-0.2, -0.15) is 0 Å². The predicted molar refractivity (Wildman–Crippen MR) is 61.7 cm³/mol. The van der Waals surface area contributed by atoms with Gasteiger partial charge in [0.15, 0.2) is 0 Å². The Morgan fingerprint density at radius 2 is 2.00 bits per heavy atom. The van der Waals surface area contributed by atoms with Crippen LogP contribution in [0.1, 0.15) is 39.0 Å². The highest BCUT2D eigenvalue weighted by Crippen LogP contribution is 2.31. The van der Waals surface area contributed by atoms with E-state index in [9.17, 15) is 4.79 Å². The lowest BCUT2D eigenvalue weighted by Gasteiger charge is -2.26. The van der Waals surface area contributed by atoms with Crippen molar-refractivity contribution in [3.8, 4) is 0 Å². The summed E-state index contributed by atoms with van der Waals surface area (Å²) >= 11 is 0. The Labute approximate surface area is 91.7 Å². The molecule has 1 N–H and O–H groups in total. The number of hydrogen-bond donors (Lipinski definition) is 1. The van der Waals surface area contributed by atoms with Crippen LogP contribution in [-0.4, -0.2) is 11.1 Å². The van der Waals surface area contributed by atoms with Crippen LogP contribution in [0.3, 0.4) is 0 Å². The third-order valence-electron chi connectivity index (χ3n) is 3.25. The van der Waals surface area contributed by atoms with Crippen molar-refractivity contribution in [2.75, 3.05) is 0 Å². The highest BCUT2D eigenvalue weighted by molar-refractivity contribution is 5.85. The van der Waals surface area contributed by atoms with Crippen LogP contribution in [0.15, 0.2) is 24.3 Å². The maximum absolute atomic E-state index is 10.7. The Morgan fingerprint density at radius 1 is 1.40 bits per heavy atom. The summed E-state index contributed by atoms with van der Waals surface area (Å²) in [6.07, 6.45) is 10.0. The fraction of sp³-hybridized carbons (Fsp3) is 0.615. The summed E-state index contributed by atoms with van der Waals surface area (Å²) in [6.45, 7) is 5.47. The molecule has 0 heterocycles. The fourth-order valence-electron chi connectivity index (χ4n) is 2.28. The smallest absolute Gasteiger partial charge is 0.330 e. The Morgan fingerprint density at radius 3 is 2.47 bits per heavy atom. The van der Waals surface area contributed by atoms with E-state index >= 15 is 0 Å². The van der Waals surface area contributed by atoms with Crippen molar-refractivity contribution < 1.29 is 9.90 Å². The van der Waals surface area contributed by atoms with Gasteiger partial charge in [-0.3, -0.25) is 0 Å². The van der Waals surface area contributed by atoms with Gasteiger partial charge in [-0.05, 0) is 31.6 Å². The second-order valence-corrected chi connectivity index (χ2v) is 4.37. The summed E-state index contributed by atoms with van der Waals surface area (Å²) < 4.78 is 0. The molecule has 1 aliphatic carbocycles. The molecule has 84 valence electrons. The summed E-state index contributed by atoms with van der Waals surface area (Å²) in [5, 5.41) is 8.82. The molecular formula is C13H20O2. The van der Waals surface area contributed by atoms with Gasteiger partial charge in [0, 0.05) is 5.57 Å². The minimum Gasteiger partial charge on any atom is -0.478 e. The topological polar surface area (TPSA) is 37.3 Å². The lowest BCUT2D eigenvalue weighted by atomic mass is 9.79. The maximum atomic E-state index is 10.7. The van der Waals surface area contributed by atoms with Crippen LogP contribution in [0.2, 0.25) is 0 Å². The summed E-state index contributed by atoms with van der Waals surface area (Å²) in [5.41, 5.74) is 0.436. The lowest BCUT2D eigenvalue weighted by Crippen LogP contribution is -2.15. The molecule has 1 aliphatic rings. The second-order valence-electron chi connectivity index (χ2n) is 4.37. The molecule has 1 fully saturated rings. The minimum atomic E-state index is -0.822. The quantitative estimate of drug-likeness (QED) is 0.568. The summed E-state index contributed by atoms with van der Waals surface area (Å²) in [5.74, 6) is 0.0182. The average molecular weight is 208 g/mol. The molecule has 0 aromatic carbocycles. The molecule has 1 unspecified atom stereocenters. The first-order chi connectivity index (χ1) is 7.15. The summed E-state index contributed by atoms with van der Waals surface area (Å²) in [6, 6.07) is 0. The largest absolute Gasteiger partial charge is 0.478 e. The van der Waals surface area contributed by atoms with Crippen molar-refractivity contribution in [1.82, 2.24) is 0 Å². The van der Waals surface area contributed by atoms with Crippen molar-refractivity contribution in [1.29, 1.82) is 0 Å². The predicted octanol–water partition coefficient (Wildman–Crippen LogP) is 3.40. The molecule has 1 saturated carbocycles. The van der Waals surface area contributed by atoms with Gasteiger partial charge in [-0.25, -0.2) is 4.79 Å². The Bertz CT molecular complexity index is 260. The third-order valence-corrected chi connectivity index (χ3v) is 3.25. The molecule has 0 amide bonds. The van der Waals surface area contributed by atoms with Crippen LogP contribution in [0.25, 0.3) is 0 Å². The number of aliphatic carboxylic acids is 1. The van der Waals surface area contributed by atoms with Crippen molar-refractivity contribution in [3.63, 3.8) is 0 Å². The number of carboxylic acids is 1. The van der Waals surface area contributed by atoms with Gasteiger partial charge in [-0.1, -0.05) is 31.4 Å². The number of carboxylic acid groups (broad SMARTS) is 1. The zero-order valence-corrected chi connectivity index (χ0v) is 9.41. The molecule has 0 aromatic rings. The van der Waals surface area contributed by atoms with E-state index in [0.717, 1.165) is 0 Å². The standard InChI is InChI=1S/C13H20O2/c1-3-11(9-10(2)13(14)15)12-7-5-4-6-8-12/h3,9,11-12H,1,4-8H2,2H3,(H,14,15). The number of carbonyl (C=O) groups is 1. The molecule has 2 nitrogen and oxygen atoms in total. The molecule has 1 atom stereocenters. The van der Waals surface area contributed by atoms with Crippen molar-refractivity contribution in [3.05, 3.63) is 24.3 Å². The van der Waals surface area contributed by atoms with E-state index in [0.29, 0.717) is 11.5 Å². The van der Waals surface area contributed by atoms with E-state index in [1.54, 1.807) is 6.92 Å². The van der Waals surface area contributed by atoms with Crippen molar-refractivity contribution in [2.45, 2.75) is 39.0 Å². The highest BCUT2D eigenvalue weighted by atomic mass is 16.4. The van der Waals surface area contributed by atoms with Gasteiger partial charge in [-0.15, -0.1) is 6.58 Å². The van der Waals surface area contributed by atoms with E-state index < -0.39 is 5.97 Å². The number of hydrogen-bond acceptors (Lipinski definition) is 1. The van der Waals surface area contributed by atoms with Crippen molar-refractivity contribution in [2.24, 2.45) is 11.8 Å². The van der Waals surface area contributed by atoms with E-state index in [1.165, 1.54) is 32.1 Å². The van der Waals surface area contributed by atoms with Gasteiger partial charge >= 0.3 is 5.97 Å². The van der Waals surface area contributed by atoms with E-state index in [1.807, 2.05) is 12.2 Å². The molecule has 0 radical (unpaired) electrons. The summed E-state index contributed by atoms with van der Waals surface area (Å²) in [4.78, 5) is 10.7. The van der Waals surface area contributed by atoms with E-state index in [2.05, 4.69) is 6.58 Å². The van der Waals surface area contributed by atoms with Gasteiger partial charge in [0.2, 0.25) is 0 Å². The molecule has 0 saturated heterocycles. The first-order valence-electron chi connectivity index (χ1n) is 5.69. The molecule has 2 heteroatoms. The van der Waals surface area contributed by atoms with Crippen LogP contribution in [0, 0.1) is 11.8 Å². The molecule has 15 heavy (non-hydrogen) atoms. The lowest BCUT2D eigenvalue weighted by molar-refractivity contribution is -0.132. The van der Waals surface area contributed by atoms with E-state index in [4.69, 9.17) is 5.11 Å². The first kappa shape index (κ1) is 12.0. The zero-order chi connectivity index (χ0) is 11.3. The average Bonchev–Trinajstić information content (AvgIpc) is 2.26.